The molecule has 1 unspecified atom stereocenters. The summed E-state index contributed by atoms with van der Waals surface area (Å²) in [5, 5.41) is 0.535. The number of hydrogen-bond acceptors (Lipinski definition) is 5. The van der Waals surface area contributed by atoms with Crippen molar-refractivity contribution in [2.24, 2.45) is 5.92 Å². The third-order valence-electron chi connectivity index (χ3n) is 4.28. The molecule has 0 saturated carbocycles. The summed E-state index contributed by atoms with van der Waals surface area (Å²) in [4.78, 5) is 33.9. The maximum atomic E-state index is 12.4. The first-order valence-corrected chi connectivity index (χ1v) is 9.83. The van der Waals surface area contributed by atoms with Crippen LogP contribution in [0.5, 0.6) is 0 Å². The average Bonchev–Trinajstić information content (AvgIpc) is 2.56. The molecule has 134 valence electrons. The van der Waals surface area contributed by atoms with Crippen LogP contribution in [-0.4, -0.2) is 40.5 Å². The van der Waals surface area contributed by atoms with Crippen LogP contribution < -0.4 is 5.56 Å². The lowest BCUT2D eigenvalue weighted by atomic mass is 9.98. The molecule has 0 aliphatic carbocycles. The van der Waals surface area contributed by atoms with Crippen molar-refractivity contribution in [3.8, 4) is 0 Å². The zero-order chi connectivity index (χ0) is 18.0. The molecule has 8 heteroatoms. The van der Waals surface area contributed by atoms with Crippen molar-refractivity contribution >= 4 is 48.7 Å². The highest BCUT2D eigenvalue weighted by Crippen LogP contribution is 2.25. The molecule has 0 radical (unpaired) electrons. The minimum Gasteiger partial charge on any atom is -0.466 e. The van der Waals surface area contributed by atoms with E-state index < -0.39 is 0 Å². The number of halogens is 2. The predicted molar refractivity (Wildman–Crippen MR) is 102 cm³/mol. The van der Waals surface area contributed by atoms with Crippen molar-refractivity contribution in [2.75, 3.05) is 19.7 Å². The highest BCUT2D eigenvalue weighted by atomic mass is 79.9. The zero-order valence-electron chi connectivity index (χ0n) is 13.8. The van der Waals surface area contributed by atoms with E-state index in [0.29, 0.717) is 36.4 Å². The number of likely N-dealkylation sites (tertiary alicyclic amines) is 1. The summed E-state index contributed by atoms with van der Waals surface area (Å²) < 4.78 is 6.72. The molecule has 1 saturated heterocycles. The Kier molecular flexibility index (Phi) is 5.91. The molecule has 25 heavy (non-hydrogen) atoms. The minimum absolute atomic E-state index is 0.108. The van der Waals surface area contributed by atoms with Crippen molar-refractivity contribution in [1.82, 2.24) is 14.9 Å². The largest absolute Gasteiger partial charge is 0.466 e. The van der Waals surface area contributed by atoms with Gasteiger partial charge in [0.25, 0.3) is 5.56 Å². The third kappa shape index (κ3) is 4.30. The van der Waals surface area contributed by atoms with Gasteiger partial charge in [-0.25, -0.2) is 4.98 Å². The van der Waals surface area contributed by atoms with Gasteiger partial charge in [-0.15, -0.1) is 0 Å². The zero-order valence-corrected chi connectivity index (χ0v) is 17.0. The van der Waals surface area contributed by atoms with Gasteiger partial charge in [0.1, 0.15) is 5.82 Å². The quantitative estimate of drug-likeness (QED) is 0.691. The Labute approximate surface area is 162 Å². The van der Waals surface area contributed by atoms with Crippen LogP contribution in [0.3, 0.4) is 0 Å². The SMILES string of the molecule is CCOC(=O)C1CCCN(Cc2nc3c(Br)cc(Br)cc3c(=O)[nH]2)C1. The van der Waals surface area contributed by atoms with E-state index >= 15 is 0 Å². The summed E-state index contributed by atoms with van der Waals surface area (Å²) >= 11 is 6.85. The number of fused-ring (bicyclic) bond motifs is 1. The van der Waals surface area contributed by atoms with E-state index in [0.717, 1.165) is 28.3 Å². The predicted octanol–water partition coefficient (Wildman–Crippen LogP) is 3.22. The van der Waals surface area contributed by atoms with E-state index in [-0.39, 0.29) is 17.4 Å². The molecule has 1 aromatic carbocycles. The fourth-order valence-electron chi connectivity index (χ4n) is 3.15. The smallest absolute Gasteiger partial charge is 0.310 e. The van der Waals surface area contributed by atoms with Gasteiger partial charge in [-0.1, -0.05) is 15.9 Å². The van der Waals surface area contributed by atoms with Crippen LogP contribution in [0.25, 0.3) is 10.9 Å². The molecule has 3 rings (SSSR count). The molecule has 0 spiro atoms. The summed E-state index contributed by atoms with van der Waals surface area (Å²) in [5.74, 6) is 0.355. The number of piperidine rings is 1. The molecule has 1 aromatic heterocycles. The lowest BCUT2D eigenvalue weighted by Crippen LogP contribution is -2.39. The van der Waals surface area contributed by atoms with Crippen molar-refractivity contribution in [2.45, 2.75) is 26.3 Å². The minimum atomic E-state index is -0.166. The maximum Gasteiger partial charge on any atom is 0.310 e. The summed E-state index contributed by atoms with van der Waals surface area (Å²) in [6, 6.07) is 3.63. The number of aromatic amines is 1. The van der Waals surface area contributed by atoms with E-state index in [1.54, 1.807) is 6.07 Å². The van der Waals surface area contributed by atoms with E-state index in [2.05, 4.69) is 46.7 Å². The maximum absolute atomic E-state index is 12.4. The van der Waals surface area contributed by atoms with Crippen LogP contribution >= 0.6 is 31.9 Å². The molecule has 1 aliphatic rings. The molecule has 1 N–H and O–H groups in total. The normalized spacial score (nSPS) is 18.4. The number of ether oxygens (including phenoxy) is 1. The number of hydrogen-bond donors (Lipinski definition) is 1. The van der Waals surface area contributed by atoms with Crippen LogP contribution in [0, 0.1) is 5.92 Å². The number of aromatic nitrogens is 2. The van der Waals surface area contributed by atoms with E-state index in [9.17, 15) is 9.59 Å². The summed E-state index contributed by atoms with van der Waals surface area (Å²) in [5.41, 5.74) is 0.474. The van der Waals surface area contributed by atoms with Gasteiger partial charge in [-0.3, -0.25) is 14.5 Å². The molecule has 1 fully saturated rings. The molecule has 0 bridgehead atoms. The first-order chi connectivity index (χ1) is 12.0. The lowest BCUT2D eigenvalue weighted by molar-refractivity contribution is -0.150. The Hall–Kier alpha value is -1.25. The molecular weight excluding hydrogens is 454 g/mol. The number of benzene rings is 1. The van der Waals surface area contributed by atoms with Crippen LogP contribution in [-0.2, 0) is 16.1 Å². The van der Waals surface area contributed by atoms with Gasteiger partial charge in [-0.05, 0) is 54.4 Å². The second kappa shape index (κ2) is 7.97. The molecule has 0 amide bonds. The highest BCUT2D eigenvalue weighted by molar-refractivity contribution is 9.11. The van der Waals surface area contributed by atoms with Crippen molar-refractivity contribution < 1.29 is 9.53 Å². The molecule has 1 aliphatic heterocycles. The monoisotopic (exact) mass is 471 g/mol. The number of rotatable bonds is 4. The second-order valence-corrected chi connectivity index (χ2v) is 7.89. The first kappa shape index (κ1) is 18.5. The average molecular weight is 473 g/mol. The van der Waals surface area contributed by atoms with Gasteiger partial charge in [0.15, 0.2) is 0 Å². The topological polar surface area (TPSA) is 75.3 Å². The van der Waals surface area contributed by atoms with Crippen molar-refractivity contribution in [3.63, 3.8) is 0 Å². The van der Waals surface area contributed by atoms with Gasteiger partial charge in [0.05, 0.1) is 30.0 Å². The fourth-order valence-corrected chi connectivity index (χ4v) is 4.47. The Balaban J connectivity index is 1.81. The fraction of sp³-hybridized carbons (Fsp3) is 0.471. The summed E-state index contributed by atoms with van der Waals surface area (Å²) in [6.07, 6.45) is 1.77. The molecule has 6 nitrogen and oxygen atoms in total. The Morgan fingerprint density at radius 1 is 1.44 bits per heavy atom. The van der Waals surface area contributed by atoms with Crippen molar-refractivity contribution in [3.05, 3.63) is 37.3 Å². The number of nitrogens with one attached hydrogen (secondary N) is 1. The molecular formula is C17H19Br2N3O3. The van der Waals surface area contributed by atoms with Gasteiger partial charge < -0.3 is 9.72 Å². The van der Waals surface area contributed by atoms with Crippen LogP contribution in [0.1, 0.15) is 25.6 Å². The Morgan fingerprint density at radius 3 is 3.00 bits per heavy atom. The Bertz CT molecular complexity index is 853. The van der Waals surface area contributed by atoms with Crippen LogP contribution in [0.15, 0.2) is 25.9 Å². The van der Waals surface area contributed by atoms with Gasteiger partial charge >= 0.3 is 5.97 Å². The Morgan fingerprint density at radius 2 is 2.24 bits per heavy atom. The number of carbonyl (C=O) groups is 1. The van der Waals surface area contributed by atoms with E-state index in [1.165, 1.54) is 0 Å². The molecule has 1 atom stereocenters. The van der Waals surface area contributed by atoms with Gasteiger partial charge in [-0.2, -0.15) is 0 Å². The summed E-state index contributed by atoms with van der Waals surface area (Å²) in [7, 11) is 0. The first-order valence-electron chi connectivity index (χ1n) is 8.25. The van der Waals surface area contributed by atoms with E-state index in [1.807, 2.05) is 13.0 Å². The van der Waals surface area contributed by atoms with Gasteiger partial charge in [0.2, 0.25) is 0 Å². The highest BCUT2D eigenvalue weighted by Gasteiger charge is 2.27. The summed E-state index contributed by atoms with van der Waals surface area (Å²) in [6.45, 7) is 4.22. The van der Waals surface area contributed by atoms with Crippen molar-refractivity contribution in [1.29, 1.82) is 0 Å². The van der Waals surface area contributed by atoms with Gasteiger partial charge in [0, 0.05) is 15.5 Å². The molecule has 2 aromatic rings. The number of H-pyrrole nitrogens is 1. The van der Waals surface area contributed by atoms with E-state index in [4.69, 9.17) is 4.74 Å². The lowest BCUT2D eigenvalue weighted by Gasteiger charge is -2.31. The third-order valence-corrected chi connectivity index (χ3v) is 5.34. The standard InChI is InChI=1S/C17H19Br2N3O3/c1-2-25-17(24)10-4-3-5-22(8-10)9-14-20-15-12(16(23)21-14)6-11(18)7-13(15)19/h6-7,10H,2-5,8-9H2,1H3,(H,20,21,23). The molecule has 2 heterocycles. The number of nitrogens with zero attached hydrogens (tertiary/aromatic N) is 2. The van der Waals surface area contributed by atoms with Crippen LogP contribution in [0.2, 0.25) is 0 Å². The number of esters is 1. The second-order valence-electron chi connectivity index (χ2n) is 6.12. The van der Waals surface area contributed by atoms with Crippen LogP contribution in [0.4, 0.5) is 0 Å². The number of carbonyl (C=O) groups excluding carboxylic acids is 1.